The summed E-state index contributed by atoms with van der Waals surface area (Å²) in [6.07, 6.45) is 1.02. The van der Waals surface area contributed by atoms with E-state index < -0.39 is 0 Å². The van der Waals surface area contributed by atoms with Crippen LogP contribution in [0, 0.1) is 0 Å². The normalized spacial score (nSPS) is 19.5. The second kappa shape index (κ2) is 5.67. The van der Waals surface area contributed by atoms with Crippen molar-refractivity contribution in [2.45, 2.75) is 25.8 Å². The third kappa shape index (κ3) is 2.70. The van der Waals surface area contributed by atoms with Gasteiger partial charge >= 0.3 is 0 Å². The van der Waals surface area contributed by atoms with E-state index in [0.29, 0.717) is 25.9 Å². The molecular formula is C14H18N2O2. The summed E-state index contributed by atoms with van der Waals surface area (Å²) in [6.45, 7) is 3.09. The molecule has 0 aliphatic carbocycles. The molecule has 0 spiro atoms. The summed E-state index contributed by atoms with van der Waals surface area (Å²) in [5, 5.41) is 2.80. The van der Waals surface area contributed by atoms with Crippen LogP contribution in [0.5, 0.6) is 0 Å². The number of rotatable bonds is 3. The Bertz CT molecular complexity index is 431. The summed E-state index contributed by atoms with van der Waals surface area (Å²) in [7, 11) is 0. The van der Waals surface area contributed by atoms with Crippen LogP contribution in [-0.2, 0) is 16.0 Å². The number of amides is 2. The maximum Gasteiger partial charge on any atom is 0.242 e. The van der Waals surface area contributed by atoms with Gasteiger partial charge in [0.25, 0.3) is 0 Å². The molecule has 96 valence electrons. The number of carbonyl (C=O) groups is 2. The highest BCUT2D eigenvalue weighted by molar-refractivity contribution is 5.89. The Balaban J connectivity index is 2.05. The van der Waals surface area contributed by atoms with Crippen LogP contribution in [0.3, 0.4) is 0 Å². The van der Waals surface area contributed by atoms with Gasteiger partial charge in [-0.2, -0.15) is 0 Å². The molecule has 2 rings (SSSR count). The second-order valence-corrected chi connectivity index (χ2v) is 4.46. The van der Waals surface area contributed by atoms with E-state index >= 15 is 0 Å². The van der Waals surface area contributed by atoms with Gasteiger partial charge in [0.2, 0.25) is 11.8 Å². The maximum absolute atomic E-state index is 12.2. The van der Waals surface area contributed by atoms with E-state index in [1.165, 1.54) is 0 Å². The van der Waals surface area contributed by atoms with Crippen molar-refractivity contribution in [1.29, 1.82) is 0 Å². The molecule has 1 saturated heterocycles. The fourth-order valence-electron chi connectivity index (χ4n) is 2.29. The molecule has 1 heterocycles. The van der Waals surface area contributed by atoms with Crippen molar-refractivity contribution < 1.29 is 9.59 Å². The fraction of sp³-hybridized carbons (Fsp3) is 0.429. The Morgan fingerprint density at radius 2 is 2.11 bits per heavy atom. The average Bonchev–Trinajstić information content (AvgIpc) is 2.39. The van der Waals surface area contributed by atoms with E-state index in [1.54, 1.807) is 4.90 Å². The van der Waals surface area contributed by atoms with Gasteiger partial charge in [-0.3, -0.25) is 9.59 Å². The van der Waals surface area contributed by atoms with Crippen LogP contribution in [0.2, 0.25) is 0 Å². The lowest BCUT2D eigenvalue weighted by molar-refractivity contribution is -0.142. The van der Waals surface area contributed by atoms with E-state index in [4.69, 9.17) is 0 Å². The zero-order valence-corrected chi connectivity index (χ0v) is 10.6. The number of carbonyl (C=O) groups excluding carboxylic acids is 2. The van der Waals surface area contributed by atoms with Gasteiger partial charge in [-0.25, -0.2) is 0 Å². The van der Waals surface area contributed by atoms with Gasteiger partial charge in [0, 0.05) is 13.1 Å². The zero-order chi connectivity index (χ0) is 13.0. The smallest absolute Gasteiger partial charge is 0.242 e. The quantitative estimate of drug-likeness (QED) is 0.864. The lowest BCUT2D eigenvalue weighted by Crippen LogP contribution is -2.57. The molecule has 1 unspecified atom stereocenters. The van der Waals surface area contributed by atoms with Gasteiger partial charge in [-0.15, -0.1) is 0 Å². The lowest BCUT2D eigenvalue weighted by Gasteiger charge is -2.34. The number of nitrogens with zero attached hydrogens (tertiary/aromatic N) is 1. The van der Waals surface area contributed by atoms with Crippen molar-refractivity contribution in [3.05, 3.63) is 35.9 Å². The summed E-state index contributed by atoms with van der Waals surface area (Å²) < 4.78 is 0. The first-order chi connectivity index (χ1) is 8.72. The van der Waals surface area contributed by atoms with E-state index in [9.17, 15) is 9.59 Å². The molecule has 1 aliphatic rings. The number of benzene rings is 1. The molecule has 1 aromatic rings. The molecule has 4 heteroatoms. The van der Waals surface area contributed by atoms with E-state index in [0.717, 1.165) is 5.56 Å². The largest absolute Gasteiger partial charge is 0.353 e. The van der Waals surface area contributed by atoms with Crippen molar-refractivity contribution >= 4 is 11.8 Å². The predicted octanol–water partition coefficient (Wildman–Crippen LogP) is 0.966. The minimum Gasteiger partial charge on any atom is -0.353 e. The summed E-state index contributed by atoms with van der Waals surface area (Å²) in [5.41, 5.74) is 0.989. The molecule has 0 radical (unpaired) electrons. The molecule has 2 amide bonds. The van der Waals surface area contributed by atoms with Gasteiger partial charge in [0.1, 0.15) is 6.04 Å². The van der Waals surface area contributed by atoms with Gasteiger partial charge < -0.3 is 10.2 Å². The first-order valence-electron chi connectivity index (χ1n) is 6.33. The first-order valence-corrected chi connectivity index (χ1v) is 6.33. The summed E-state index contributed by atoms with van der Waals surface area (Å²) in [5.74, 6) is -0.00642. The molecular weight excluding hydrogens is 228 g/mol. The highest BCUT2D eigenvalue weighted by Crippen LogP contribution is 2.11. The molecule has 1 fully saturated rings. The zero-order valence-electron chi connectivity index (χ0n) is 10.6. The minimum atomic E-state index is -0.310. The van der Waals surface area contributed by atoms with Crippen LogP contribution in [0.1, 0.15) is 18.9 Å². The summed E-state index contributed by atoms with van der Waals surface area (Å²) in [4.78, 5) is 25.6. The van der Waals surface area contributed by atoms with Crippen molar-refractivity contribution in [3.8, 4) is 0 Å². The third-order valence-corrected chi connectivity index (χ3v) is 3.24. The molecule has 1 aromatic carbocycles. The molecule has 1 aliphatic heterocycles. The Labute approximate surface area is 107 Å². The van der Waals surface area contributed by atoms with Gasteiger partial charge in [0.15, 0.2) is 0 Å². The molecule has 4 nitrogen and oxygen atoms in total. The topological polar surface area (TPSA) is 49.4 Å². The fourth-order valence-corrected chi connectivity index (χ4v) is 2.29. The van der Waals surface area contributed by atoms with Gasteiger partial charge in [0.05, 0.1) is 6.42 Å². The number of hydrogen-bond acceptors (Lipinski definition) is 2. The number of hydrogen-bond donors (Lipinski definition) is 1. The molecule has 1 atom stereocenters. The van der Waals surface area contributed by atoms with Crippen LogP contribution in [0.15, 0.2) is 30.3 Å². The van der Waals surface area contributed by atoms with Crippen LogP contribution >= 0.6 is 0 Å². The first kappa shape index (κ1) is 12.6. The number of nitrogens with one attached hydrogen (secondary N) is 1. The van der Waals surface area contributed by atoms with Crippen LogP contribution in [-0.4, -0.2) is 35.8 Å². The van der Waals surface area contributed by atoms with E-state index in [2.05, 4.69) is 5.32 Å². The van der Waals surface area contributed by atoms with Crippen molar-refractivity contribution in [3.63, 3.8) is 0 Å². The SMILES string of the molecule is CCC1C(=O)NCCN1C(=O)Cc1ccccc1. The standard InChI is InChI=1S/C14H18N2O2/c1-2-12-14(18)15-8-9-16(12)13(17)10-11-6-4-3-5-7-11/h3-7,12H,2,8-10H2,1H3,(H,15,18). The molecule has 18 heavy (non-hydrogen) atoms. The summed E-state index contributed by atoms with van der Waals surface area (Å²) in [6, 6.07) is 9.32. The van der Waals surface area contributed by atoms with Gasteiger partial charge in [-0.05, 0) is 12.0 Å². The highest BCUT2D eigenvalue weighted by Gasteiger charge is 2.31. The third-order valence-electron chi connectivity index (χ3n) is 3.24. The van der Waals surface area contributed by atoms with Crippen molar-refractivity contribution in [2.75, 3.05) is 13.1 Å². The van der Waals surface area contributed by atoms with Gasteiger partial charge in [-0.1, -0.05) is 37.3 Å². The molecule has 1 N–H and O–H groups in total. The molecule has 0 aromatic heterocycles. The van der Waals surface area contributed by atoms with Crippen LogP contribution in [0.25, 0.3) is 0 Å². The van der Waals surface area contributed by atoms with Crippen LogP contribution < -0.4 is 5.32 Å². The lowest BCUT2D eigenvalue weighted by atomic mass is 10.1. The Morgan fingerprint density at radius 1 is 1.39 bits per heavy atom. The van der Waals surface area contributed by atoms with E-state index in [1.807, 2.05) is 37.3 Å². The van der Waals surface area contributed by atoms with Crippen molar-refractivity contribution in [1.82, 2.24) is 10.2 Å². The highest BCUT2D eigenvalue weighted by atomic mass is 16.2. The number of piperazine rings is 1. The second-order valence-electron chi connectivity index (χ2n) is 4.46. The maximum atomic E-state index is 12.2. The molecule has 0 saturated carbocycles. The van der Waals surface area contributed by atoms with E-state index in [-0.39, 0.29) is 17.9 Å². The van der Waals surface area contributed by atoms with Crippen LogP contribution in [0.4, 0.5) is 0 Å². The summed E-state index contributed by atoms with van der Waals surface area (Å²) >= 11 is 0. The Morgan fingerprint density at radius 3 is 2.78 bits per heavy atom. The monoisotopic (exact) mass is 246 g/mol. The predicted molar refractivity (Wildman–Crippen MR) is 68.9 cm³/mol. The Hall–Kier alpha value is -1.84. The average molecular weight is 246 g/mol. The Kier molecular flexibility index (Phi) is 3.97. The molecule has 0 bridgehead atoms. The minimum absolute atomic E-state index is 0.0305. The van der Waals surface area contributed by atoms with Crippen molar-refractivity contribution in [2.24, 2.45) is 0 Å².